The first-order valence-electron chi connectivity index (χ1n) is 8.10. The molecule has 1 unspecified atom stereocenters. The number of nitrogens with two attached hydrogens (primary N) is 1. The number of anilines is 1. The van der Waals surface area contributed by atoms with Gasteiger partial charge in [-0.25, -0.2) is 4.79 Å². The number of para-hydroxylation sites is 1. The molecular weight excluding hydrogens is 334 g/mol. The number of imide groups is 1. The van der Waals surface area contributed by atoms with Gasteiger partial charge in [-0.15, -0.1) is 4.90 Å². The van der Waals surface area contributed by atoms with E-state index >= 15 is 0 Å². The smallest absolute Gasteiger partial charge is 0.469 e. The van der Waals surface area contributed by atoms with Crippen molar-refractivity contribution >= 4 is 29.2 Å². The Kier molecular flexibility index (Phi) is 3.57. The quantitative estimate of drug-likeness (QED) is 0.842. The Morgan fingerprint density at radius 3 is 2.54 bits per heavy atom. The summed E-state index contributed by atoms with van der Waals surface area (Å²) in [5.74, 6) is -0.674. The van der Waals surface area contributed by atoms with Gasteiger partial charge in [0.2, 0.25) is 0 Å². The van der Waals surface area contributed by atoms with Gasteiger partial charge < -0.3 is 10.5 Å². The third kappa shape index (κ3) is 2.36. The number of urea groups is 1. The van der Waals surface area contributed by atoms with Gasteiger partial charge in [0.05, 0.1) is 5.56 Å². The van der Waals surface area contributed by atoms with E-state index in [1.807, 2.05) is 6.92 Å². The second kappa shape index (κ2) is 5.80. The fourth-order valence-electron chi connectivity index (χ4n) is 3.23. The Bertz CT molecular complexity index is 979. The number of nitrogens with zero attached hydrogens (tertiary/aromatic N) is 2. The van der Waals surface area contributed by atoms with Crippen LogP contribution in [0.2, 0.25) is 0 Å². The van der Waals surface area contributed by atoms with Crippen LogP contribution >= 0.6 is 0 Å². The van der Waals surface area contributed by atoms with Gasteiger partial charge in [-0.3, -0.25) is 4.79 Å². The standard InChI is InChI=1S/C19H15N3O4/c1-11-6-8-12(9-7-11)22-18(24)17-16(21(19(22)25)10-15(20)23)13-4-2-3-5-14(13)26-17/h2-9,17H,10H2,1H3,(H-,20,23)/p+1. The fourth-order valence-corrected chi connectivity index (χ4v) is 3.23. The Labute approximate surface area is 149 Å². The number of hydrogen-bond acceptors (Lipinski definition) is 4. The fraction of sp³-hybridized carbons (Fsp3) is 0.158. The van der Waals surface area contributed by atoms with Crippen LogP contribution in [-0.2, 0) is 9.59 Å². The molecule has 7 heteroatoms. The molecule has 2 heterocycles. The van der Waals surface area contributed by atoms with Crippen LogP contribution in [0.25, 0.3) is 0 Å². The average molecular weight is 350 g/mol. The molecule has 0 aliphatic carbocycles. The molecule has 0 saturated carbocycles. The zero-order valence-corrected chi connectivity index (χ0v) is 14.0. The SMILES string of the molecule is Cc1ccc(N2C(=O)C3Oc4ccccc4C3=[N+](CC(N)=O)C2=O)cc1. The highest BCUT2D eigenvalue weighted by Crippen LogP contribution is 2.33. The molecule has 0 radical (unpaired) electrons. The minimum atomic E-state index is -0.995. The van der Waals surface area contributed by atoms with Gasteiger partial charge in [0.1, 0.15) is 11.4 Å². The maximum atomic E-state index is 13.1. The van der Waals surface area contributed by atoms with Crippen LogP contribution in [0.1, 0.15) is 11.1 Å². The average Bonchev–Trinajstić information content (AvgIpc) is 3.00. The number of amides is 4. The summed E-state index contributed by atoms with van der Waals surface area (Å²) in [4.78, 5) is 38.7. The van der Waals surface area contributed by atoms with Gasteiger partial charge in [-0.2, -0.15) is 9.37 Å². The first-order chi connectivity index (χ1) is 12.5. The molecule has 4 amide bonds. The molecule has 4 rings (SSSR count). The van der Waals surface area contributed by atoms with E-state index in [0.29, 0.717) is 22.7 Å². The molecule has 0 saturated heterocycles. The van der Waals surface area contributed by atoms with Crippen LogP contribution in [0.3, 0.4) is 0 Å². The highest BCUT2D eigenvalue weighted by Gasteiger charge is 2.54. The van der Waals surface area contributed by atoms with E-state index in [4.69, 9.17) is 10.5 Å². The lowest BCUT2D eigenvalue weighted by Crippen LogP contribution is -2.59. The third-order valence-corrected chi connectivity index (χ3v) is 4.42. The summed E-state index contributed by atoms with van der Waals surface area (Å²) in [6.07, 6.45) is -0.995. The largest absolute Gasteiger partial charge is 0.506 e. The Hall–Kier alpha value is -3.48. The predicted octanol–water partition coefficient (Wildman–Crippen LogP) is 1.21. The summed E-state index contributed by atoms with van der Waals surface area (Å²) in [5, 5.41) is 0. The van der Waals surface area contributed by atoms with E-state index in [9.17, 15) is 14.4 Å². The summed E-state index contributed by atoms with van der Waals surface area (Å²) in [5.41, 5.74) is 7.72. The maximum absolute atomic E-state index is 13.1. The topological polar surface area (TPSA) is 92.7 Å². The molecular formula is C19H16N3O4+. The molecule has 0 fully saturated rings. The van der Waals surface area contributed by atoms with E-state index in [1.54, 1.807) is 48.5 Å². The van der Waals surface area contributed by atoms with Crippen molar-refractivity contribution in [1.29, 1.82) is 0 Å². The molecule has 2 aliphatic heterocycles. The van der Waals surface area contributed by atoms with Crippen molar-refractivity contribution < 1.29 is 23.7 Å². The van der Waals surface area contributed by atoms with Crippen LogP contribution in [-0.4, -0.2) is 40.8 Å². The molecule has 1 atom stereocenters. The summed E-state index contributed by atoms with van der Waals surface area (Å²) in [6, 6.07) is 13.4. The van der Waals surface area contributed by atoms with Crippen LogP contribution in [0.15, 0.2) is 48.5 Å². The molecule has 26 heavy (non-hydrogen) atoms. The Morgan fingerprint density at radius 1 is 1.15 bits per heavy atom. The summed E-state index contributed by atoms with van der Waals surface area (Å²) in [7, 11) is 0. The number of ether oxygens (including phenoxy) is 1. The first kappa shape index (κ1) is 16.0. The van der Waals surface area contributed by atoms with Crippen LogP contribution in [0, 0.1) is 6.92 Å². The monoisotopic (exact) mass is 350 g/mol. The molecule has 2 aromatic carbocycles. The first-order valence-corrected chi connectivity index (χ1v) is 8.10. The summed E-state index contributed by atoms with van der Waals surface area (Å²) in [6.45, 7) is 1.57. The van der Waals surface area contributed by atoms with Crippen molar-refractivity contribution in [3.8, 4) is 5.75 Å². The Morgan fingerprint density at radius 2 is 1.85 bits per heavy atom. The van der Waals surface area contributed by atoms with Crippen LogP contribution < -0.4 is 15.4 Å². The van der Waals surface area contributed by atoms with Gasteiger partial charge in [-0.1, -0.05) is 29.8 Å². The number of fused-ring (bicyclic) bond motifs is 3. The molecule has 0 bridgehead atoms. The van der Waals surface area contributed by atoms with E-state index < -0.39 is 23.9 Å². The van der Waals surface area contributed by atoms with E-state index in [0.717, 1.165) is 10.5 Å². The lowest BCUT2D eigenvalue weighted by Gasteiger charge is -2.23. The van der Waals surface area contributed by atoms with Crippen molar-refractivity contribution in [2.45, 2.75) is 13.0 Å². The van der Waals surface area contributed by atoms with Gasteiger partial charge in [0, 0.05) is 0 Å². The van der Waals surface area contributed by atoms with Gasteiger partial charge in [0.25, 0.3) is 12.0 Å². The summed E-state index contributed by atoms with van der Waals surface area (Å²) >= 11 is 0. The zero-order valence-electron chi connectivity index (χ0n) is 14.0. The molecule has 2 N–H and O–H groups in total. The number of primary amides is 1. The number of hydrogen-bond donors (Lipinski definition) is 1. The lowest BCUT2D eigenvalue weighted by atomic mass is 10.0. The molecule has 0 spiro atoms. The normalized spacial score (nSPS) is 18.5. The second-order valence-corrected chi connectivity index (χ2v) is 6.22. The van der Waals surface area contributed by atoms with Gasteiger partial charge in [-0.05, 0) is 31.2 Å². The van der Waals surface area contributed by atoms with Crippen molar-refractivity contribution in [3.63, 3.8) is 0 Å². The molecule has 130 valence electrons. The third-order valence-electron chi connectivity index (χ3n) is 4.42. The molecule has 2 aromatic rings. The van der Waals surface area contributed by atoms with Crippen molar-refractivity contribution in [2.75, 3.05) is 11.4 Å². The van der Waals surface area contributed by atoms with Crippen LogP contribution in [0.4, 0.5) is 10.5 Å². The number of carbonyl (C=O) groups excluding carboxylic acids is 3. The van der Waals surface area contributed by atoms with Crippen molar-refractivity contribution in [2.24, 2.45) is 5.73 Å². The van der Waals surface area contributed by atoms with Crippen molar-refractivity contribution in [1.82, 2.24) is 0 Å². The lowest BCUT2D eigenvalue weighted by molar-refractivity contribution is -0.417. The molecule has 2 aliphatic rings. The summed E-state index contributed by atoms with van der Waals surface area (Å²) < 4.78 is 7.01. The predicted molar refractivity (Wildman–Crippen MR) is 93.3 cm³/mol. The zero-order chi connectivity index (χ0) is 18.4. The number of rotatable bonds is 3. The van der Waals surface area contributed by atoms with Gasteiger partial charge in [0.15, 0.2) is 12.3 Å². The minimum absolute atomic E-state index is 0.335. The Balaban J connectivity index is 1.89. The molecule has 0 aromatic heterocycles. The number of benzene rings is 2. The highest BCUT2D eigenvalue weighted by atomic mass is 16.5. The van der Waals surface area contributed by atoms with E-state index in [-0.39, 0.29) is 6.54 Å². The van der Waals surface area contributed by atoms with Crippen LogP contribution in [0.5, 0.6) is 5.75 Å². The number of aryl methyl sites for hydroxylation is 1. The molecule has 7 nitrogen and oxygen atoms in total. The minimum Gasteiger partial charge on any atom is -0.469 e. The van der Waals surface area contributed by atoms with Gasteiger partial charge >= 0.3 is 11.9 Å². The van der Waals surface area contributed by atoms with E-state index in [2.05, 4.69) is 0 Å². The number of carbonyl (C=O) groups is 3. The van der Waals surface area contributed by atoms with Crippen molar-refractivity contribution in [3.05, 3.63) is 59.7 Å². The maximum Gasteiger partial charge on any atom is 0.506 e. The highest BCUT2D eigenvalue weighted by molar-refractivity contribution is 6.29. The van der Waals surface area contributed by atoms with E-state index in [1.165, 1.54) is 4.58 Å². The second-order valence-electron chi connectivity index (χ2n) is 6.22.